The van der Waals surface area contributed by atoms with Crippen molar-refractivity contribution in [2.75, 3.05) is 0 Å². The quantitative estimate of drug-likeness (QED) is 0.753. The lowest BCUT2D eigenvalue weighted by Gasteiger charge is -2.14. The summed E-state index contributed by atoms with van der Waals surface area (Å²) in [6.07, 6.45) is 2.92. The van der Waals surface area contributed by atoms with Gasteiger partial charge in [0.1, 0.15) is 0 Å². The zero-order valence-corrected chi connectivity index (χ0v) is 9.80. The van der Waals surface area contributed by atoms with E-state index in [1.165, 1.54) is 0 Å². The van der Waals surface area contributed by atoms with Gasteiger partial charge in [-0.1, -0.05) is 49.9 Å². The van der Waals surface area contributed by atoms with Crippen LogP contribution in [0.5, 0.6) is 0 Å². The smallest absolute Gasteiger partial charge is 0.175 e. The van der Waals surface area contributed by atoms with Crippen molar-refractivity contribution in [1.29, 1.82) is 0 Å². The molecule has 15 heavy (non-hydrogen) atoms. The van der Waals surface area contributed by atoms with Gasteiger partial charge in [0, 0.05) is 10.3 Å². The summed E-state index contributed by atoms with van der Waals surface area (Å²) in [4.78, 5) is 14.0. The van der Waals surface area contributed by atoms with Crippen molar-refractivity contribution in [3.05, 3.63) is 41.3 Å². The third-order valence-electron chi connectivity index (χ3n) is 2.61. The van der Waals surface area contributed by atoms with E-state index in [0.717, 1.165) is 16.2 Å². The number of hydrogen-bond acceptors (Lipinski definition) is 2. The molecule has 0 amide bonds. The first-order valence-corrected chi connectivity index (χ1v) is 5.89. The van der Waals surface area contributed by atoms with E-state index in [4.69, 9.17) is 0 Å². The van der Waals surface area contributed by atoms with Crippen LogP contribution in [0, 0.1) is 5.41 Å². The maximum atomic E-state index is 11.9. The van der Waals surface area contributed by atoms with Crippen molar-refractivity contribution in [3.8, 4) is 0 Å². The van der Waals surface area contributed by atoms with Crippen LogP contribution in [0.2, 0.25) is 0 Å². The average Bonchev–Trinajstić information content (AvgIpc) is 2.47. The van der Waals surface area contributed by atoms with E-state index in [1.54, 1.807) is 11.8 Å². The molecule has 0 atom stereocenters. The van der Waals surface area contributed by atoms with Crippen molar-refractivity contribution in [2.45, 2.75) is 25.2 Å². The van der Waals surface area contributed by atoms with Crippen molar-refractivity contribution in [1.82, 2.24) is 0 Å². The Morgan fingerprint density at radius 2 is 1.87 bits per heavy atom. The summed E-state index contributed by atoms with van der Waals surface area (Å²) in [5.74, 6) is 0.274. The zero-order chi connectivity index (χ0) is 10.9. The van der Waals surface area contributed by atoms with Crippen molar-refractivity contribution in [2.24, 2.45) is 5.41 Å². The SMILES string of the molecule is CC1(C)CC=C(Sc2ccccc2)C1=O. The Bertz CT molecular complexity index is 404. The minimum absolute atomic E-state index is 0.197. The summed E-state index contributed by atoms with van der Waals surface area (Å²) >= 11 is 1.57. The highest BCUT2D eigenvalue weighted by Gasteiger charge is 2.34. The van der Waals surface area contributed by atoms with Crippen LogP contribution in [0.1, 0.15) is 20.3 Å². The molecule has 1 aromatic rings. The second-order valence-corrected chi connectivity index (χ2v) is 5.52. The first-order chi connectivity index (χ1) is 7.09. The van der Waals surface area contributed by atoms with Crippen LogP contribution in [-0.4, -0.2) is 5.78 Å². The number of thioether (sulfide) groups is 1. The van der Waals surface area contributed by atoms with E-state index in [9.17, 15) is 4.79 Å². The number of allylic oxidation sites excluding steroid dienone is 2. The third-order valence-corrected chi connectivity index (χ3v) is 3.69. The highest BCUT2D eigenvalue weighted by Crippen LogP contribution is 2.40. The molecule has 2 rings (SSSR count). The van der Waals surface area contributed by atoms with Crippen molar-refractivity contribution in [3.63, 3.8) is 0 Å². The molecule has 0 saturated carbocycles. The first-order valence-electron chi connectivity index (χ1n) is 5.07. The van der Waals surface area contributed by atoms with Crippen LogP contribution in [0.15, 0.2) is 46.2 Å². The summed E-state index contributed by atoms with van der Waals surface area (Å²) in [6.45, 7) is 4.01. The molecule has 0 aliphatic heterocycles. The van der Waals surface area contributed by atoms with E-state index in [2.05, 4.69) is 6.08 Å². The molecule has 1 aromatic carbocycles. The van der Waals surface area contributed by atoms with Gasteiger partial charge in [0.15, 0.2) is 5.78 Å². The molecule has 0 aromatic heterocycles. The van der Waals surface area contributed by atoms with Crippen LogP contribution in [0.4, 0.5) is 0 Å². The van der Waals surface area contributed by atoms with E-state index in [-0.39, 0.29) is 11.2 Å². The summed E-state index contributed by atoms with van der Waals surface area (Å²) < 4.78 is 0. The standard InChI is InChI=1S/C13H14OS/c1-13(2)9-8-11(12(13)14)15-10-6-4-3-5-7-10/h3-8H,9H2,1-2H3. The minimum Gasteiger partial charge on any atom is -0.293 e. The summed E-state index contributed by atoms with van der Waals surface area (Å²) in [5.41, 5.74) is -0.197. The molecule has 0 N–H and O–H groups in total. The Morgan fingerprint density at radius 3 is 2.40 bits per heavy atom. The van der Waals surface area contributed by atoms with Crippen molar-refractivity contribution >= 4 is 17.5 Å². The fourth-order valence-electron chi connectivity index (χ4n) is 1.57. The molecule has 0 heterocycles. The predicted molar refractivity (Wildman–Crippen MR) is 63.8 cm³/mol. The molecule has 2 heteroatoms. The number of benzene rings is 1. The largest absolute Gasteiger partial charge is 0.293 e. The number of ketones is 1. The molecule has 1 aliphatic carbocycles. The predicted octanol–water partition coefficient (Wildman–Crippen LogP) is 3.66. The monoisotopic (exact) mass is 218 g/mol. The number of carbonyl (C=O) groups excluding carboxylic acids is 1. The average molecular weight is 218 g/mol. The fourth-order valence-corrected chi connectivity index (χ4v) is 2.65. The third kappa shape index (κ3) is 2.15. The van der Waals surface area contributed by atoms with Crippen LogP contribution < -0.4 is 0 Å². The molecule has 0 fully saturated rings. The lowest BCUT2D eigenvalue weighted by Crippen LogP contribution is -2.18. The second-order valence-electron chi connectivity index (χ2n) is 4.40. The zero-order valence-electron chi connectivity index (χ0n) is 8.99. The van der Waals surface area contributed by atoms with Gasteiger partial charge in [-0.15, -0.1) is 0 Å². The molecule has 1 aliphatic rings. The molecule has 0 saturated heterocycles. The summed E-state index contributed by atoms with van der Waals surface area (Å²) in [5, 5.41) is 0. The number of Topliss-reactive ketones (excluding diaryl/α,β-unsaturated/α-hetero) is 1. The van der Waals surface area contributed by atoms with Crippen LogP contribution in [-0.2, 0) is 4.79 Å². The van der Waals surface area contributed by atoms with E-state index in [0.29, 0.717) is 0 Å². The molecule has 0 unspecified atom stereocenters. The number of hydrogen-bond donors (Lipinski definition) is 0. The molecule has 0 radical (unpaired) electrons. The van der Waals surface area contributed by atoms with Crippen LogP contribution >= 0.6 is 11.8 Å². The van der Waals surface area contributed by atoms with Gasteiger partial charge < -0.3 is 0 Å². The Balaban J connectivity index is 2.13. The van der Waals surface area contributed by atoms with Crippen molar-refractivity contribution < 1.29 is 4.79 Å². The molecule has 1 nitrogen and oxygen atoms in total. The van der Waals surface area contributed by atoms with Gasteiger partial charge in [-0.25, -0.2) is 0 Å². The van der Waals surface area contributed by atoms with Gasteiger partial charge in [-0.05, 0) is 18.6 Å². The topological polar surface area (TPSA) is 17.1 Å². The van der Waals surface area contributed by atoms with E-state index < -0.39 is 0 Å². The second kappa shape index (κ2) is 3.86. The molecular weight excluding hydrogens is 204 g/mol. The van der Waals surface area contributed by atoms with Gasteiger partial charge >= 0.3 is 0 Å². The van der Waals surface area contributed by atoms with E-state index in [1.807, 2.05) is 44.2 Å². The number of rotatable bonds is 2. The van der Waals surface area contributed by atoms with E-state index >= 15 is 0 Å². The van der Waals surface area contributed by atoms with Crippen LogP contribution in [0.3, 0.4) is 0 Å². The lowest BCUT2D eigenvalue weighted by atomic mass is 9.90. The Kier molecular flexibility index (Phi) is 2.70. The molecule has 0 bridgehead atoms. The Labute approximate surface area is 94.6 Å². The molecule has 0 spiro atoms. The number of carbonyl (C=O) groups is 1. The van der Waals surface area contributed by atoms with Gasteiger partial charge in [-0.3, -0.25) is 4.79 Å². The van der Waals surface area contributed by atoms with Gasteiger partial charge in [0.25, 0.3) is 0 Å². The van der Waals surface area contributed by atoms with Crippen LogP contribution in [0.25, 0.3) is 0 Å². The highest BCUT2D eigenvalue weighted by atomic mass is 32.2. The lowest BCUT2D eigenvalue weighted by molar-refractivity contribution is -0.121. The Morgan fingerprint density at radius 1 is 1.20 bits per heavy atom. The van der Waals surface area contributed by atoms with Gasteiger partial charge in [-0.2, -0.15) is 0 Å². The summed E-state index contributed by atoms with van der Waals surface area (Å²) in [6, 6.07) is 10.0. The first kappa shape index (κ1) is 10.5. The van der Waals surface area contributed by atoms with Gasteiger partial charge in [0.05, 0.1) is 4.91 Å². The Hall–Kier alpha value is -1.02. The maximum Gasteiger partial charge on any atom is 0.175 e. The molecular formula is C13H14OS. The highest BCUT2D eigenvalue weighted by molar-refractivity contribution is 8.04. The minimum atomic E-state index is -0.197. The molecule has 78 valence electrons. The summed E-state index contributed by atoms with van der Waals surface area (Å²) in [7, 11) is 0. The normalized spacial score (nSPS) is 19.1. The fraction of sp³-hybridized carbons (Fsp3) is 0.308. The maximum absolute atomic E-state index is 11.9. The van der Waals surface area contributed by atoms with Gasteiger partial charge in [0.2, 0.25) is 0 Å².